The average Bonchev–Trinajstić information content (AvgIpc) is 2.53. The predicted octanol–water partition coefficient (Wildman–Crippen LogP) is 3.82. The van der Waals surface area contributed by atoms with Gasteiger partial charge in [0.25, 0.3) is 0 Å². The molecule has 0 saturated carbocycles. The number of rotatable bonds is 2. The number of likely N-dealkylation sites (tertiary alicyclic amines) is 1. The summed E-state index contributed by atoms with van der Waals surface area (Å²) in [4.78, 5) is 22.7. The molecule has 3 rings (SSSR count). The number of piperidine rings is 1. The first kappa shape index (κ1) is 18.2. The molecule has 0 aromatic carbocycles. The zero-order valence-corrected chi connectivity index (χ0v) is 16.0. The van der Waals surface area contributed by atoms with E-state index in [-0.39, 0.29) is 12.1 Å². The fraction of sp³-hybridized carbons (Fsp3) is 0.722. The highest BCUT2D eigenvalue weighted by Gasteiger charge is 2.28. The summed E-state index contributed by atoms with van der Waals surface area (Å²) in [7, 11) is 0. The van der Waals surface area contributed by atoms with E-state index in [2.05, 4.69) is 15.3 Å². The van der Waals surface area contributed by atoms with Crippen LogP contribution in [0.25, 0.3) is 0 Å². The quantitative estimate of drug-likeness (QED) is 0.806. The molecule has 0 radical (unpaired) electrons. The van der Waals surface area contributed by atoms with E-state index in [1.807, 2.05) is 20.8 Å². The first-order chi connectivity index (χ1) is 11.8. The number of carbonyl (C=O) groups excluding carboxylic acids is 1. The van der Waals surface area contributed by atoms with Gasteiger partial charge in [0.05, 0.1) is 5.69 Å². The Hall–Kier alpha value is -1.56. The van der Waals surface area contributed by atoms with E-state index < -0.39 is 5.60 Å². The van der Waals surface area contributed by atoms with Gasteiger partial charge in [0.1, 0.15) is 11.4 Å². The van der Waals surface area contributed by atoms with Gasteiger partial charge in [-0.2, -0.15) is 0 Å². The standard InChI is InChI=1S/C18H27ClN4O2/c1-18(2,3)25-17(24)23-10-8-12(9-11-23)20-15-13-6-4-5-7-14(13)21-16(19)22-15/h12H,4-11H2,1-3H3,(H,20,21,22). The zero-order chi connectivity index (χ0) is 18.0. The number of carbonyl (C=O) groups is 1. The maximum atomic E-state index is 12.2. The highest BCUT2D eigenvalue weighted by atomic mass is 35.5. The molecule has 1 aliphatic heterocycles. The highest BCUT2D eigenvalue weighted by Crippen LogP contribution is 2.28. The molecule has 7 heteroatoms. The lowest BCUT2D eigenvalue weighted by Gasteiger charge is -2.34. The van der Waals surface area contributed by atoms with Crippen LogP contribution in [0.15, 0.2) is 0 Å². The first-order valence-electron chi connectivity index (χ1n) is 9.11. The van der Waals surface area contributed by atoms with Gasteiger partial charge in [0.2, 0.25) is 5.28 Å². The second-order valence-corrected chi connectivity index (χ2v) is 8.20. The monoisotopic (exact) mass is 366 g/mol. The molecule has 138 valence electrons. The summed E-state index contributed by atoms with van der Waals surface area (Å²) in [6.45, 7) is 7.05. The fourth-order valence-electron chi connectivity index (χ4n) is 3.41. The van der Waals surface area contributed by atoms with E-state index in [0.717, 1.165) is 43.6 Å². The molecule has 1 aromatic rings. The molecule has 1 amide bonds. The molecule has 1 saturated heterocycles. The summed E-state index contributed by atoms with van der Waals surface area (Å²) in [6.07, 6.45) is 5.83. The fourth-order valence-corrected chi connectivity index (χ4v) is 3.60. The molecule has 1 aliphatic carbocycles. The van der Waals surface area contributed by atoms with Gasteiger partial charge < -0.3 is 15.0 Å². The van der Waals surface area contributed by atoms with E-state index in [4.69, 9.17) is 16.3 Å². The van der Waals surface area contributed by atoms with E-state index in [9.17, 15) is 4.79 Å². The Morgan fingerprint density at radius 1 is 1.20 bits per heavy atom. The Morgan fingerprint density at radius 2 is 1.88 bits per heavy atom. The van der Waals surface area contributed by atoms with Crippen LogP contribution in [0.3, 0.4) is 0 Å². The maximum absolute atomic E-state index is 12.2. The molecule has 25 heavy (non-hydrogen) atoms. The number of nitrogens with one attached hydrogen (secondary N) is 1. The highest BCUT2D eigenvalue weighted by molar-refractivity contribution is 6.28. The smallest absolute Gasteiger partial charge is 0.410 e. The van der Waals surface area contributed by atoms with Crippen LogP contribution in [0.2, 0.25) is 5.28 Å². The number of aryl methyl sites for hydroxylation is 1. The molecule has 0 bridgehead atoms. The number of ether oxygens (including phenoxy) is 1. The van der Waals surface area contributed by atoms with Gasteiger partial charge in [0, 0.05) is 24.7 Å². The number of amides is 1. The molecular weight excluding hydrogens is 340 g/mol. The van der Waals surface area contributed by atoms with Crippen molar-refractivity contribution >= 4 is 23.5 Å². The molecule has 6 nitrogen and oxygen atoms in total. The summed E-state index contributed by atoms with van der Waals surface area (Å²) in [6, 6.07) is 0.288. The topological polar surface area (TPSA) is 67.3 Å². The SMILES string of the molecule is CC(C)(C)OC(=O)N1CCC(Nc2nc(Cl)nc3c2CCCC3)CC1. The number of hydrogen-bond donors (Lipinski definition) is 1. The van der Waals surface area contributed by atoms with Crippen LogP contribution in [-0.2, 0) is 17.6 Å². The minimum atomic E-state index is -0.455. The third kappa shape index (κ3) is 4.75. The minimum absolute atomic E-state index is 0.228. The van der Waals surface area contributed by atoms with Crippen molar-refractivity contribution in [1.82, 2.24) is 14.9 Å². The van der Waals surface area contributed by atoms with Gasteiger partial charge in [-0.15, -0.1) is 0 Å². The van der Waals surface area contributed by atoms with Crippen LogP contribution in [0.1, 0.15) is 57.7 Å². The van der Waals surface area contributed by atoms with Crippen LogP contribution in [-0.4, -0.2) is 45.7 Å². The lowest BCUT2D eigenvalue weighted by atomic mass is 9.96. The van der Waals surface area contributed by atoms with E-state index in [1.54, 1.807) is 4.90 Å². The average molecular weight is 367 g/mol. The summed E-state index contributed by atoms with van der Waals surface area (Å²) in [5.41, 5.74) is 1.84. The van der Waals surface area contributed by atoms with Crippen molar-refractivity contribution in [2.45, 2.75) is 70.9 Å². The molecular formula is C18H27ClN4O2. The summed E-state index contributed by atoms with van der Waals surface area (Å²) in [5.74, 6) is 0.880. The summed E-state index contributed by atoms with van der Waals surface area (Å²) in [5, 5.41) is 3.86. The van der Waals surface area contributed by atoms with Gasteiger partial charge in [0.15, 0.2) is 0 Å². The number of nitrogens with zero attached hydrogens (tertiary/aromatic N) is 3. The van der Waals surface area contributed by atoms with Gasteiger partial charge >= 0.3 is 6.09 Å². The van der Waals surface area contributed by atoms with Crippen LogP contribution in [0, 0.1) is 0 Å². The molecule has 1 fully saturated rings. The van der Waals surface area contributed by atoms with Gasteiger partial charge in [-0.1, -0.05) is 0 Å². The van der Waals surface area contributed by atoms with Crippen LogP contribution >= 0.6 is 11.6 Å². The largest absolute Gasteiger partial charge is 0.444 e. The van der Waals surface area contributed by atoms with Gasteiger partial charge in [-0.25, -0.2) is 14.8 Å². The van der Waals surface area contributed by atoms with Crippen molar-refractivity contribution in [3.05, 3.63) is 16.5 Å². The molecule has 1 N–H and O–H groups in total. The van der Waals surface area contributed by atoms with Crippen molar-refractivity contribution < 1.29 is 9.53 Å². The van der Waals surface area contributed by atoms with Crippen molar-refractivity contribution in [1.29, 1.82) is 0 Å². The second-order valence-electron chi connectivity index (χ2n) is 7.86. The summed E-state index contributed by atoms with van der Waals surface area (Å²) < 4.78 is 5.45. The van der Waals surface area contributed by atoms with Crippen molar-refractivity contribution in [3.63, 3.8) is 0 Å². The van der Waals surface area contributed by atoms with Crippen LogP contribution in [0.4, 0.5) is 10.6 Å². The molecule has 2 aliphatic rings. The Kier molecular flexibility index (Phi) is 5.37. The van der Waals surface area contributed by atoms with Gasteiger partial charge in [-0.05, 0) is 70.9 Å². The minimum Gasteiger partial charge on any atom is -0.444 e. The molecule has 2 heterocycles. The Labute approximate surface area is 154 Å². The Balaban J connectivity index is 1.60. The Morgan fingerprint density at radius 3 is 2.56 bits per heavy atom. The molecule has 0 spiro atoms. The Bertz CT molecular complexity index is 637. The van der Waals surface area contributed by atoms with Crippen molar-refractivity contribution in [3.8, 4) is 0 Å². The molecule has 1 aromatic heterocycles. The number of fused-ring (bicyclic) bond motifs is 1. The number of anilines is 1. The third-order valence-electron chi connectivity index (χ3n) is 4.64. The van der Waals surface area contributed by atoms with Crippen molar-refractivity contribution in [2.24, 2.45) is 0 Å². The number of aromatic nitrogens is 2. The maximum Gasteiger partial charge on any atom is 0.410 e. The molecule has 0 atom stereocenters. The number of halogens is 1. The van der Waals surface area contributed by atoms with Crippen molar-refractivity contribution in [2.75, 3.05) is 18.4 Å². The van der Waals surface area contributed by atoms with Crippen LogP contribution in [0.5, 0.6) is 0 Å². The lowest BCUT2D eigenvalue weighted by molar-refractivity contribution is 0.0210. The first-order valence-corrected chi connectivity index (χ1v) is 9.49. The van der Waals surface area contributed by atoms with E-state index in [0.29, 0.717) is 18.4 Å². The number of hydrogen-bond acceptors (Lipinski definition) is 5. The third-order valence-corrected chi connectivity index (χ3v) is 4.81. The normalized spacial score (nSPS) is 18.6. The lowest BCUT2D eigenvalue weighted by Crippen LogP contribution is -2.44. The summed E-state index contributed by atoms with van der Waals surface area (Å²) >= 11 is 6.09. The second kappa shape index (κ2) is 7.36. The van der Waals surface area contributed by atoms with Crippen LogP contribution < -0.4 is 5.32 Å². The van der Waals surface area contributed by atoms with E-state index in [1.165, 1.54) is 12.0 Å². The molecule has 0 unspecified atom stereocenters. The zero-order valence-electron chi connectivity index (χ0n) is 15.3. The van der Waals surface area contributed by atoms with E-state index >= 15 is 0 Å². The predicted molar refractivity (Wildman–Crippen MR) is 98.1 cm³/mol. The van der Waals surface area contributed by atoms with Gasteiger partial charge in [-0.3, -0.25) is 0 Å².